The number of likely N-dealkylation sites (tertiary alicyclic amines) is 1. The summed E-state index contributed by atoms with van der Waals surface area (Å²) >= 11 is 0. The molecule has 6 heteroatoms. The van der Waals surface area contributed by atoms with Crippen LogP contribution in [0.5, 0.6) is 0 Å². The Labute approximate surface area is 184 Å². The highest BCUT2D eigenvalue weighted by Gasteiger charge is 2.36. The van der Waals surface area contributed by atoms with Gasteiger partial charge in [0.05, 0.1) is 12.4 Å². The number of nitrogens with zero attached hydrogens (tertiary/aromatic N) is 2. The van der Waals surface area contributed by atoms with E-state index in [1.165, 1.54) is 23.1 Å². The number of aromatic nitrogens is 2. The number of carbonyl (C=O) groups excluding carboxylic acids is 2. The summed E-state index contributed by atoms with van der Waals surface area (Å²) in [6, 6.07) is 5.96. The topological polar surface area (TPSA) is 78.1 Å². The molecule has 2 fully saturated rings. The second kappa shape index (κ2) is 9.67. The summed E-state index contributed by atoms with van der Waals surface area (Å²) in [5.74, 6) is 0.0708. The van der Waals surface area contributed by atoms with Crippen LogP contribution in [0.15, 0.2) is 30.7 Å². The van der Waals surface area contributed by atoms with Gasteiger partial charge in [-0.1, -0.05) is 43.0 Å². The molecule has 4 rings (SSSR count). The van der Waals surface area contributed by atoms with Gasteiger partial charge in [0.25, 0.3) is 0 Å². The molecule has 1 saturated heterocycles. The highest BCUT2D eigenvalue weighted by atomic mass is 16.2. The average molecular weight is 423 g/mol. The van der Waals surface area contributed by atoms with E-state index >= 15 is 0 Å². The van der Waals surface area contributed by atoms with E-state index in [0.717, 1.165) is 50.8 Å². The molecule has 2 atom stereocenters. The van der Waals surface area contributed by atoms with Gasteiger partial charge in [-0.05, 0) is 50.7 Å². The first-order chi connectivity index (χ1) is 15.0. The smallest absolute Gasteiger partial charge is 0.246 e. The monoisotopic (exact) mass is 422 g/mol. The molecule has 1 aromatic carbocycles. The van der Waals surface area contributed by atoms with Gasteiger partial charge in [-0.2, -0.15) is 0 Å². The van der Waals surface area contributed by atoms with E-state index in [9.17, 15) is 9.59 Å². The van der Waals surface area contributed by atoms with E-state index in [2.05, 4.69) is 47.3 Å². The van der Waals surface area contributed by atoms with Crippen LogP contribution in [0.25, 0.3) is 0 Å². The molecule has 0 spiro atoms. The third kappa shape index (κ3) is 5.00. The van der Waals surface area contributed by atoms with E-state index in [1.54, 1.807) is 12.5 Å². The molecule has 1 aliphatic carbocycles. The van der Waals surface area contributed by atoms with Crippen molar-refractivity contribution in [2.24, 2.45) is 5.92 Å². The average Bonchev–Trinajstić information content (AvgIpc) is 3.47. The summed E-state index contributed by atoms with van der Waals surface area (Å²) in [7, 11) is 0. The number of nitrogens with one attached hydrogen (secondary N) is 2. The largest absolute Gasteiger partial charge is 0.348 e. The van der Waals surface area contributed by atoms with Crippen LogP contribution in [0.3, 0.4) is 0 Å². The molecule has 1 saturated carbocycles. The number of aryl methyl sites for hydroxylation is 2. The maximum atomic E-state index is 13.7. The molecule has 0 bridgehead atoms. The zero-order valence-electron chi connectivity index (χ0n) is 18.7. The molecule has 2 heterocycles. The van der Waals surface area contributed by atoms with Crippen LogP contribution in [0.1, 0.15) is 73.4 Å². The van der Waals surface area contributed by atoms with Gasteiger partial charge in [0.1, 0.15) is 6.04 Å². The van der Waals surface area contributed by atoms with Crippen LogP contribution in [-0.2, 0) is 16.0 Å². The van der Waals surface area contributed by atoms with Gasteiger partial charge in [0.15, 0.2) is 0 Å². The molecule has 166 valence electrons. The van der Waals surface area contributed by atoms with Crippen molar-refractivity contribution in [3.05, 3.63) is 53.1 Å². The fraction of sp³-hybridized carbons (Fsp3) is 0.560. The van der Waals surface area contributed by atoms with Gasteiger partial charge in [-0.25, -0.2) is 4.98 Å². The summed E-state index contributed by atoms with van der Waals surface area (Å²) in [5.41, 5.74) is 4.51. The van der Waals surface area contributed by atoms with Crippen molar-refractivity contribution in [1.82, 2.24) is 20.2 Å². The van der Waals surface area contributed by atoms with Crippen LogP contribution in [0.2, 0.25) is 0 Å². The van der Waals surface area contributed by atoms with E-state index in [0.29, 0.717) is 6.42 Å². The molecule has 6 nitrogen and oxygen atoms in total. The maximum absolute atomic E-state index is 13.7. The van der Waals surface area contributed by atoms with Gasteiger partial charge in [0.2, 0.25) is 11.8 Å². The normalized spacial score (nSPS) is 20.6. The van der Waals surface area contributed by atoms with Gasteiger partial charge in [0, 0.05) is 30.8 Å². The van der Waals surface area contributed by atoms with Crippen molar-refractivity contribution in [3.8, 4) is 0 Å². The Balaban J connectivity index is 1.55. The van der Waals surface area contributed by atoms with Crippen molar-refractivity contribution in [2.45, 2.75) is 77.3 Å². The third-order valence-electron chi connectivity index (χ3n) is 6.90. The van der Waals surface area contributed by atoms with Crippen molar-refractivity contribution in [1.29, 1.82) is 0 Å². The predicted octanol–water partition coefficient (Wildman–Crippen LogP) is 4.00. The number of hydrogen-bond donors (Lipinski definition) is 2. The van der Waals surface area contributed by atoms with Crippen LogP contribution in [-0.4, -0.2) is 39.3 Å². The maximum Gasteiger partial charge on any atom is 0.246 e. The lowest BCUT2D eigenvalue weighted by atomic mass is 9.88. The number of amides is 2. The molecule has 0 radical (unpaired) electrons. The number of benzene rings is 1. The first-order valence-corrected chi connectivity index (χ1v) is 11.7. The molecule has 2 aliphatic rings. The van der Waals surface area contributed by atoms with Crippen LogP contribution in [0.4, 0.5) is 0 Å². The highest BCUT2D eigenvalue weighted by molar-refractivity contribution is 5.89. The van der Waals surface area contributed by atoms with Crippen molar-refractivity contribution in [3.63, 3.8) is 0 Å². The molecule has 1 aliphatic heterocycles. The van der Waals surface area contributed by atoms with Crippen LogP contribution >= 0.6 is 0 Å². The molecule has 1 unspecified atom stereocenters. The Morgan fingerprint density at radius 1 is 1.16 bits per heavy atom. The summed E-state index contributed by atoms with van der Waals surface area (Å²) in [6.07, 6.45) is 11.0. The van der Waals surface area contributed by atoms with E-state index < -0.39 is 6.04 Å². The fourth-order valence-electron chi connectivity index (χ4n) is 5.14. The Bertz CT molecular complexity index is 902. The molecule has 2 amide bonds. The number of carbonyl (C=O) groups is 2. The molecular formula is C25H34N4O2. The van der Waals surface area contributed by atoms with Crippen molar-refractivity contribution < 1.29 is 9.59 Å². The molecular weight excluding hydrogens is 388 g/mol. The van der Waals surface area contributed by atoms with E-state index in [4.69, 9.17) is 0 Å². The molecule has 1 aromatic heterocycles. The molecule has 2 N–H and O–H groups in total. The minimum Gasteiger partial charge on any atom is -0.348 e. The third-order valence-corrected chi connectivity index (χ3v) is 6.90. The number of imidazole rings is 1. The first kappa shape index (κ1) is 21.6. The minimum atomic E-state index is -0.569. The summed E-state index contributed by atoms with van der Waals surface area (Å²) in [6.45, 7) is 4.94. The van der Waals surface area contributed by atoms with Gasteiger partial charge < -0.3 is 15.2 Å². The Morgan fingerprint density at radius 3 is 2.71 bits per heavy atom. The van der Waals surface area contributed by atoms with Crippen molar-refractivity contribution >= 4 is 11.8 Å². The lowest BCUT2D eigenvalue weighted by Crippen LogP contribution is -2.51. The van der Waals surface area contributed by atoms with Crippen molar-refractivity contribution in [2.75, 3.05) is 6.54 Å². The van der Waals surface area contributed by atoms with Gasteiger partial charge in [-0.15, -0.1) is 0 Å². The summed E-state index contributed by atoms with van der Waals surface area (Å²) in [4.78, 5) is 35.9. The fourth-order valence-corrected chi connectivity index (χ4v) is 5.14. The van der Waals surface area contributed by atoms with Gasteiger partial charge >= 0.3 is 0 Å². The lowest BCUT2D eigenvalue weighted by molar-refractivity contribution is -0.138. The zero-order chi connectivity index (χ0) is 21.8. The Hall–Kier alpha value is -2.63. The number of aromatic amines is 1. The summed E-state index contributed by atoms with van der Waals surface area (Å²) in [5, 5.41) is 3.12. The SMILES string of the molecule is Cc1ccc(C)c(C2CCCN2C(=O)[C@H](Cc2cnc[nH]2)NC(=O)C2CCCCC2)c1. The van der Waals surface area contributed by atoms with E-state index in [-0.39, 0.29) is 23.8 Å². The number of H-pyrrole nitrogens is 1. The number of rotatable bonds is 6. The zero-order valence-corrected chi connectivity index (χ0v) is 18.7. The highest BCUT2D eigenvalue weighted by Crippen LogP contribution is 2.35. The molecule has 2 aromatic rings. The second-order valence-electron chi connectivity index (χ2n) is 9.23. The second-order valence-corrected chi connectivity index (χ2v) is 9.23. The minimum absolute atomic E-state index is 0.0159. The summed E-state index contributed by atoms with van der Waals surface area (Å²) < 4.78 is 0. The Kier molecular flexibility index (Phi) is 6.73. The van der Waals surface area contributed by atoms with Gasteiger partial charge in [-0.3, -0.25) is 9.59 Å². The van der Waals surface area contributed by atoms with Crippen LogP contribution < -0.4 is 5.32 Å². The quantitative estimate of drug-likeness (QED) is 0.739. The van der Waals surface area contributed by atoms with Crippen LogP contribution in [0, 0.1) is 19.8 Å². The predicted molar refractivity (Wildman–Crippen MR) is 120 cm³/mol. The lowest BCUT2D eigenvalue weighted by Gasteiger charge is -2.31. The standard InChI is InChI=1S/C25H34N4O2/c1-17-10-11-18(2)21(13-17)23-9-6-12-29(23)25(31)22(14-20-15-26-16-27-20)28-24(30)19-7-4-3-5-8-19/h10-11,13,15-16,19,22-23H,3-9,12,14H2,1-2H3,(H,26,27)(H,28,30)/t22-,23?/m0/s1. The molecule has 31 heavy (non-hydrogen) atoms. The number of hydrogen-bond acceptors (Lipinski definition) is 3. The first-order valence-electron chi connectivity index (χ1n) is 11.7. The van der Waals surface area contributed by atoms with E-state index in [1.807, 2.05) is 4.90 Å². The Morgan fingerprint density at radius 2 is 1.97 bits per heavy atom.